The molecular weight excluding hydrogens is 388 g/mol. The Hall–Kier alpha value is -2.25. The van der Waals surface area contributed by atoms with Gasteiger partial charge in [0, 0.05) is 17.4 Å². The number of hydrogen-bond acceptors (Lipinski definition) is 7. The molecule has 0 unspecified atom stereocenters. The van der Waals surface area contributed by atoms with Crippen molar-refractivity contribution < 1.29 is 19.1 Å². The summed E-state index contributed by atoms with van der Waals surface area (Å²) in [6, 6.07) is 8.66. The lowest BCUT2D eigenvalue weighted by Crippen LogP contribution is -2.50. The van der Waals surface area contributed by atoms with Gasteiger partial charge in [0.25, 0.3) is 0 Å². The van der Waals surface area contributed by atoms with E-state index in [-0.39, 0.29) is 24.5 Å². The van der Waals surface area contributed by atoms with Crippen molar-refractivity contribution in [2.45, 2.75) is 52.6 Å². The molecule has 2 atom stereocenters. The highest BCUT2D eigenvalue weighted by atomic mass is 32.1. The zero-order valence-corrected chi connectivity index (χ0v) is 18.3. The van der Waals surface area contributed by atoms with E-state index in [1.807, 2.05) is 49.6 Å². The molecule has 6 nitrogen and oxygen atoms in total. The van der Waals surface area contributed by atoms with Crippen LogP contribution in [0.25, 0.3) is 10.6 Å². The van der Waals surface area contributed by atoms with Crippen molar-refractivity contribution in [2.75, 3.05) is 13.2 Å². The molecule has 0 aliphatic heterocycles. The number of rotatable bonds is 11. The summed E-state index contributed by atoms with van der Waals surface area (Å²) >= 11 is 1.53. The Labute approximate surface area is 176 Å². The summed E-state index contributed by atoms with van der Waals surface area (Å²) in [5.41, 5.74) is 1.82. The summed E-state index contributed by atoms with van der Waals surface area (Å²) in [4.78, 5) is 29.6. The molecule has 0 bridgehead atoms. The van der Waals surface area contributed by atoms with Gasteiger partial charge in [0.1, 0.15) is 17.1 Å². The minimum absolute atomic E-state index is 0.267. The quantitative estimate of drug-likeness (QED) is 0.559. The van der Waals surface area contributed by atoms with Crippen LogP contribution < -0.4 is 5.32 Å². The fourth-order valence-corrected chi connectivity index (χ4v) is 3.80. The third-order valence-electron chi connectivity index (χ3n) is 4.24. The highest BCUT2D eigenvalue weighted by Gasteiger charge is 2.29. The van der Waals surface area contributed by atoms with Gasteiger partial charge in [-0.1, -0.05) is 44.2 Å². The molecule has 0 spiro atoms. The topological polar surface area (TPSA) is 77.5 Å². The van der Waals surface area contributed by atoms with Crippen molar-refractivity contribution in [1.29, 1.82) is 0 Å². The lowest BCUT2D eigenvalue weighted by atomic mass is 10.0. The second-order valence-corrected chi connectivity index (χ2v) is 7.98. The summed E-state index contributed by atoms with van der Waals surface area (Å²) in [6.07, 6.45) is 0.914. The van der Waals surface area contributed by atoms with Gasteiger partial charge in [0.15, 0.2) is 0 Å². The van der Waals surface area contributed by atoms with Gasteiger partial charge in [-0.2, -0.15) is 0 Å². The van der Waals surface area contributed by atoms with Gasteiger partial charge in [-0.15, -0.1) is 11.3 Å². The van der Waals surface area contributed by atoms with Crippen LogP contribution in [0.15, 0.2) is 35.7 Å². The molecule has 0 aliphatic carbocycles. The third kappa shape index (κ3) is 7.25. The first kappa shape index (κ1) is 23.0. The number of nitrogens with zero attached hydrogens (tertiary/aromatic N) is 1. The molecule has 0 amide bonds. The van der Waals surface area contributed by atoms with Crippen LogP contribution in [0.4, 0.5) is 0 Å². The maximum absolute atomic E-state index is 12.6. The van der Waals surface area contributed by atoms with Gasteiger partial charge < -0.3 is 9.47 Å². The fraction of sp³-hybridized carbons (Fsp3) is 0.500. The van der Waals surface area contributed by atoms with E-state index in [0.29, 0.717) is 19.4 Å². The van der Waals surface area contributed by atoms with Crippen LogP contribution in [0.5, 0.6) is 0 Å². The van der Waals surface area contributed by atoms with Crippen LogP contribution >= 0.6 is 11.3 Å². The lowest BCUT2D eigenvalue weighted by Gasteiger charge is -2.24. The smallest absolute Gasteiger partial charge is 0.323 e. The number of ether oxygens (including phenoxy) is 2. The number of aromatic nitrogens is 1. The van der Waals surface area contributed by atoms with Crippen molar-refractivity contribution in [3.05, 3.63) is 41.4 Å². The monoisotopic (exact) mass is 418 g/mol. The average Bonchev–Trinajstić information content (AvgIpc) is 3.16. The van der Waals surface area contributed by atoms with Gasteiger partial charge in [0.05, 0.1) is 18.9 Å². The Balaban J connectivity index is 2.18. The van der Waals surface area contributed by atoms with E-state index in [4.69, 9.17) is 9.47 Å². The molecule has 2 rings (SSSR count). The van der Waals surface area contributed by atoms with Gasteiger partial charge >= 0.3 is 11.9 Å². The summed E-state index contributed by atoms with van der Waals surface area (Å²) < 4.78 is 10.4. The zero-order chi connectivity index (χ0) is 21.2. The molecule has 7 heteroatoms. The lowest BCUT2D eigenvalue weighted by molar-refractivity contribution is -0.149. The molecule has 0 aliphatic rings. The van der Waals surface area contributed by atoms with E-state index in [1.54, 1.807) is 13.8 Å². The van der Waals surface area contributed by atoms with Crippen molar-refractivity contribution in [3.8, 4) is 10.6 Å². The summed E-state index contributed by atoms with van der Waals surface area (Å²) in [6.45, 7) is 8.17. The van der Waals surface area contributed by atoms with Crippen molar-refractivity contribution in [2.24, 2.45) is 5.92 Å². The molecule has 0 saturated heterocycles. The minimum atomic E-state index is -0.672. The number of benzene rings is 1. The van der Waals surface area contributed by atoms with Gasteiger partial charge in [-0.25, -0.2) is 4.98 Å². The Morgan fingerprint density at radius 1 is 1.03 bits per heavy atom. The molecule has 0 saturated carbocycles. The van der Waals surface area contributed by atoms with Gasteiger partial charge in [0.2, 0.25) is 0 Å². The number of nitrogens with one attached hydrogen (secondary N) is 1. The first-order valence-corrected chi connectivity index (χ1v) is 10.9. The van der Waals surface area contributed by atoms with E-state index in [1.165, 1.54) is 11.3 Å². The van der Waals surface area contributed by atoms with Crippen molar-refractivity contribution in [3.63, 3.8) is 0 Å². The molecule has 2 aromatic rings. The first-order valence-electron chi connectivity index (χ1n) is 10.0. The van der Waals surface area contributed by atoms with Crippen LogP contribution in [0.1, 0.15) is 39.8 Å². The number of carbonyl (C=O) groups is 2. The first-order chi connectivity index (χ1) is 13.9. The van der Waals surface area contributed by atoms with Crippen molar-refractivity contribution in [1.82, 2.24) is 10.3 Å². The van der Waals surface area contributed by atoms with E-state index >= 15 is 0 Å². The third-order valence-corrected chi connectivity index (χ3v) is 5.18. The van der Waals surface area contributed by atoms with Crippen LogP contribution in [0.3, 0.4) is 0 Å². The number of carbonyl (C=O) groups excluding carboxylic acids is 2. The Morgan fingerprint density at radius 2 is 1.66 bits per heavy atom. The predicted octanol–water partition coefficient (Wildman–Crippen LogP) is 3.85. The number of hydrogen-bond donors (Lipinski definition) is 1. The average molecular weight is 419 g/mol. The fourth-order valence-electron chi connectivity index (χ4n) is 2.97. The Kier molecular flexibility index (Phi) is 9.28. The second-order valence-electron chi connectivity index (χ2n) is 7.12. The number of esters is 2. The Morgan fingerprint density at radius 3 is 2.24 bits per heavy atom. The van der Waals surface area contributed by atoms with E-state index in [9.17, 15) is 9.59 Å². The number of thiazole rings is 1. The van der Waals surface area contributed by atoms with E-state index in [2.05, 4.69) is 10.3 Å². The minimum Gasteiger partial charge on any atom is -0.465 e. The van der Waals surface area contributed by atoms with Crippen LogP contribution in [-0.4, -0.2) is 42.2 Å². The largest absolute Gasteiger partial charge is 0.465 e. The summed E-state index contributed by atoms with van der Waals surface area (Å²) in [5, 5.41) is 6.01. The van der Waals surface area contributed by atoms with E-state index < -0.39 is 12.1 Å². The normalized spacial score (nSPS) is 13.1. The SMILES string of the molecule is CCOC(=O)[C@H](Cc1csc(-c2ccccc2)n1)N[C@@H](CC(C)C)C(=O)OCC. The molecule has 0 radical (unpaired) electrons. The maximum Gasteiger partial charge on any atom is 0.323 e. The van der Waals surface area contributed by atoms with Gasteiger partial charge in [-0.3, -0.25) is 14.9 Å². The van der Waals surface area contributed by atoms with E-state index in [0.717, 1.165) is 16.3 Å². The van der Waals surface area contributed by atoms with Crippen molar-refractivity contribution >= 4 is 23.3 Å². The summed E-state index contributed by atoms with van der Waals surface area (Å²) in [5.74, 6) is -0.470. The molecule has 29 heavy (non-hydrogen) atoms. The Bertz CT molecular complexity index is 776. The molecular formula is C22H30N2O4S. The molecule has 1 N–H and O–H groups in total. The van der Waals surface area contributed by atoms with Crippen LogP contribution in [0.2, 0.25) is 0 Å². The molecule has 0 fully saturated rings. The maximum atomic E-state index is 12.6. The van der Waals surface area contributed by atoms with Crippen LogP contribution in [-0.2, 0) is 25.5 Å². The molecule has 1 aromatic heterocycles. The van der Waals surface area contributed by atoms with Gasteiger partial charge in [-0.05, 0) is 26.2 Å². The highest BCUT2D eigenvalue weighted by Crippen LogP contribution is 2.24. The van der Waals surface area contributed by atoms with Crippen LogP contribution in [0, 0.1) is 5.92 Å². The summed E-state index contributed by atoms with van der Waals surface area (Å²) in [7, 11) is 0. The standard InChI is InChI=1S/C22H30N2O4S/c1-5-27-21(25)18(12-15(3)4)24-19(22(26)28-6-2)13-17-14-29-20(23-17)16-10-8-7-9-11-16/h7-11,14-15,18-19,24H,5-6,12-13H2,1-4H3/t18-,19-/m0/s1. The molecule has 1 heterocycles. The molecule has 1 aromatic carbocycles. The zero-order valence-electron chi connectivity index (χ0n) is 17.5. The second kappa shape index (κ2) is 11.7. The highest BCUT2D eigenvalue weighted by molar-refractivity contribution is 7.13. The molecule has 158 valence electrons. The predicted molar refractivity (Wildman–Crippen MR) is 115 cm³/mol.